The summed E-state index contributed by atoms with van der Waals surface area (Å²) in [6.07, 6.45) is 1.79. The summed E-state index contributed by atoms with van der Waals surface area (Å²) in [5.41, 5.74) is 5.03. The molecule has 0 bridgehead atoms. The fraction of sp³-hybridized carbons (Fsp3) is 0. The average molecular weight is 601 g/mol. The zero-order chi connectivity index (χ0) is 21.6. The summed E-state index contributed by atoms with van der Waals surface area (Å²) in [5, 5.41) is 3.70. The van der Waals surface area contributed by atoms with E-state index in [0.717, 1.165) is 28.0 Å². The smallest absolute Gasteiger partial charge is 0.0601 e. The average Bonchev–Trinajstić information content (AvgIpc) is 2.90. The van der Waals surface area contributed by atoms with Crippen molar-refractivity contribution in [3.63, 3.8) is 0 Å². The molecule has 0 aliphatic carbocycles. The molecule has 4 aromatic carbocycles. The number of benzene rings is 4. The molecule has 2 aromatic heterocycles. The molecule has 0 saturated carbocycles. The Morgan fingerprint density at radius 1 is 0.515 bits per heavy atom. The van der Waals surface area contributed by atoms with Crippen LogP contribution in [0.15, 0.2) is 121 Å². The molecule has 6 rings (SSSR count). The van der Waals surface area contributed by atoms with Crippen molar-refractivity contribution in [1.29, 1.82) is 0 Å². The molecular formula is C30H20IrN2-2. The molecule has 0 saturated heterocycles. The van der Waals surface area contributed by atoms with E-state index >= 15 is 0 Å². The second-order valence-electron chi connectivity index (χ2n) is 7.32. The number of nitrogens with zero attached hydrogens (tertiary/aromatic N) is 2. The number of fused-ring (bicyclic) bond motifs is 3. The van der Waals surface area contributed by atoms with Crippen molar-refractivity contribution >= 4 is 21.7 Å². The van der Waals surface area contributed by atoms with Gasteiger partial charge in [-0.1, -0.05) is 54.6 Å². The van der Waals surface area contributed by atoms with Gasteiger partial charge >= 0.3 is 0 Å². The molecule has 3 heteroatoms. The minimum absolute atomic E-state index is 0. The summed E-state index contributed by atoms with van der Waals surface area (Å²) < 4.78 is 0. The van der Waals surface area contributed by atoms with Crippen molar-refractivity contribution in [3.8, 4) is 22.5 Å². The molecule has 0 amide bonds. The Hall–Kier alpha value is -3.65. The van der Waals surface area contributed by atoms with Crippen molar-refractivity contribution < 1.29 is 20.1 Å². The van der Waals surface area contributed by atoms with Crippen LogP contribution < -0.4 is 0 Å². The Labute approximate surface area is 207 Å². The maximum absolute atomic E-state index is 4.76. The molecule has 0 atom stereocenters. The van der Waals surface area contributed by atoms with Gasteiger partial charge in [0, 0.05) is 31.7 Å². The zero-order valence-electron chi connectivity index (χ0n) is 17.8. The third kappa shape index (κ3) is 5.23. The molecule has 1 radical (unpaired) electrons. The first kappa shape index (κ1) is 22.5. The van der Waals surface area contributed by atoms with E-state index in [4.69, 9.17) is 4.98 Å². The molecule has 0 aliphatic heterocycles. The fourth-order valence-corrected chi connectivity index (χ4v) is 3.66. The molecule has 6 aromatic rings. The van der Waals surface area contributed by atoms with Gasteiger partial charge in [-0.05, 0) is 34.3 Å². The number of hydrogen-bond donors (Lipinski definition) is 0. The van der Waals surface area contributed by atoms with E-state index in [1.165, 1.54) is 16.2 Å². The topological polar surface area (TPSA) is 25.8 Å². The second-order valence-corrected chi connectivity index (χ2v) is 7.32. The summed E-state index contributed by atoms with van der Waals surface area (Å²) in [6.45, 7) is 0. The predicted molar refractivity (Wildman–Crippen MR) is 132 cm³/mol. The molecule has 33 heavy (non-hydrogen) atoms. The maximum atomic E-state index is 4.76. The van der Waals surface area contributed by atoms with Crippen molar-refractivity contribution in [2.75, 3.05) is 0 Å². The molecule has 2 heterocycles. The van der Waals surface area contributed by atoms with Crippen LogP contribution in [0.25, 0.3) is 44.2 Å². The molecule has 0 fully saturated rings. The molecule has 0 unspecified atom stereocenters. The number of pyridine rings is 2. The summed E-state index contributed by atoms with van der Waals surface area (Å²) >= 11 is 0. The van der Waals surface area contributed by atoms with E-state index in [2.05, 4.69) is 65.6 Å². The van der Waals surface area contributed by atoms with Gasteiger partial charge in [0.25, 0.3) is 0 Å². The molecular weight excluding hydrogens is 581 g/mol. The van der Waals surface area contributed by atoms with Crippen LogP contribution in [-0.2, 0) is 20.1 Å². The van der Waals surface area contributed by atoms with Crippen molar-refractivity contribution in [3.05, 3.63) is 134 Å². The summed E-state index contributed by atoms with van der Waals surface area (Å²) in [7, 11) is 0. The van der Waals surface area contributed by atoms with Crippen LogP contribution in [-0.4, -0.2) is 9.97 Å². The van der Waals surface area contributed by atoms with Crippen LogP contribution in [0.3, 0.4) is 0 Å². The number of aromatic nitrogens is 2. The Morgan fingerprint density at radius 3 is 1.91 bits per heavy atom. The van der Waals surface area contributed by atoms with E-state index in [-0.39, 0.29) is 20.1 Å². The number of rotatable bonds is 2. The van der Waals surface area contributed by atoms with Crippen LogP contribution in [0.2, 0.25) is 0 Å². The summed E-state index contributed by atoms with van der Waals surface area (Å²) in [4.78, 5) is 8.98. The third-order valence-corrected chi connectivity index (χ3v) is 5.23. The maximum Gasteiger partial charge on any atom is 0.0601 e. The summed E-state index contributed by atoms with van der Waals surface area (Å²) in [6, 6.07) is 44.8. The van der Waals surface area contributed by atoms with Gasteiger partial charge in [-0.2, -0.15) is 0 Å². The standard InChI is InChI=1S/C19H12N.C11H8N.Ir/c1-2-7-15(8-3-1)18-13-11-17-16-9-5-4-6-14(16)10-12-19(17)20-18;1-2-6-10(7-3-1)11-8-4-5-9-12-11;/h1-7,9-13H;1-6,8-9H;/q2*-1;. The van der Waals surface area contributed by atoms with Gasteiger partial charge in [-0.25, -0.2) is 0 Å². The predicted octanol–water partition coefficient (Wildman–Crippen LogP) is 7.40. The van der Waals surface area contributed by atoms with Gasteiger partial charge in [0.15, 0.2) is 0 Å². The van der Waals surface area contributed by atoms with E-state index in [9.17, 15) is 0 Å². The fourth-order valence-electron chi connectivity index (χ4n) is 3.66. The molecule has 0 aliphatic rings. The van der Waals surface area contributed by atoms with Gasteiger partial charge in [0.2, 0.25) is 0 Å². The molecule has 0 spiro atoms. The molecule has 161 valence electrons. The van der Waals surface area contributed by atoms with Crippen molar-refractivity contribution in [1.82, 2.24) is 9.97 Å². The van der Waals surface area contributed by atoms with Gasteiger partial charge in [0.05, 0.1) is 5.52 Å². The number of hydrogen-bond acceptors (Lipinski definition) is 2. The Bertz CT molecular complexity index is 1410. The monoisotopic (exact) mass is 601 g/mol. The largest absolute Gasteiger partial charge is 0.305 e. The van der Waals surface area contributed by atoms with Crippen LogP contribution in [0.4, 0.5) is 0 Å². The second kappa shape index (κ2) is 10.8. The van der Waals surface area contributed by atoms with E-state index in [0.29, 0.717) is 0 Å². The van der Waals surface area contributed by atoms with Gasteiger partial charge in [0.1, 0.15) is 0 Å². The van der Waals surface area contributed by atoms with Crippen LogP contribution in [0.5, 0.6) is 0 Å². The van der Waals surface area contributed by atoms with Crippen molar-refractivity contribution in [2.45, 2.75) is 0 Å². The minimum Gasteiger partial charge on any atom is -0.305 e. The Morgan fingerprint density at radius 2 is 1.21 bits per heavy atom. The molecule has 0 N–H and O–H groups in total. The minimum atomic E-state index is 0. The Balaban J connectivity index is 0.000000172. The first-order valence-corrected chi connectivity index (χ1v) is 10.5. The van der Waals surface area contributed by atoms with Gasteiger partial charge in [-0.15, -0.1) is 71.8 Å². The SMILES string of the molecule is [Ir].[c-]1ccccc1-c1ccc2c(ccc3ccccc32)n1.[c-]1ccccc1-c1ccccn1. The third-order valence-electron chi connectivity index (χ3n) is 5.23. The first-order valence-electron chi connectivity index (χ1n) is 10.5. The van der Waals surface area contributed by atoms with E-state index in [1.807, 2.05) is 66.7 Å². The molecule has 2 nitrogen and oxygen atoms in total. The van der Waals surface area contributed by atoms with Gasteiger partial charge < -0.3 is 4.98 Å². The first-order chi connectivity index (χ1) is 15.9. The van der Waals surface area contributed by atoms with Crippen molar-refractivity contribution in [2.24, 2.45) is 0 Å². The van der Waals surface area contributed by atoms with Crippen LogP contribution in [0.1, 0.15) is 0 Å². The quantitative estimate of drug-likeness (QED) is 0.153. The Kier molecular flexibility index (Phi) is 7.36. The van der Waals surface area contributed by atoms with E-state index in [1.54, 1.807) is 6.20 Å². The van der Waals surface area contributed by atoms with Crippen LogP contribution >= 0.6 is 0 Å². The van der Waals surface area contributed by atoms with Crippen LogP contribution in [0, 0.1) is 12.1 Å². The summed E-state index contributed by atoms with van der Waals surface area (Å²) in [5.74, 6) is 0. The normalized spacial score (nSPS) is 10.2. The van der Waals surface area contributed by atoms with Gasteiger partial charge in [-0.3, -0.25) is 4.98 Å². The zero-order valence-corrected chi connectivity index (χ0v) is 20.2. The van der Waals surface area contributed by atoms with E-state index < -0.39 is 0 Å².